The number of benzene rings is 3. The largest absolute Gasteiger partial charge is 0.355 e. The maximum atomic E-state index is 13.1. The minimum absolute atomic E-state index is 0.0919. The van der Waals surface area contributed by atoms with Crippen LogP contribution in [0, 0.1) is 0 Å². The number of carbonyl (C=O) groups excluding carboxylic acids is 1. The van der Waals surface area contributed by atoms with Crippen molar-refractivity contribution < 1.29 is 4.79 Å². The Morgan fingerprint density at radius 1 is 0.778 bits per heavy atom. The minimum atomic E-state index is 0.0919. The van der Waals surface area contributed by atoms with E-state index in [9.17, 15) is 4.79 Å². The van der Waals surface area contributed by atoms with E-state index in [1.54, 1.807) is 0 Å². The molecule has 0 atom stereocenters. The zero-order valence-electron chi connectivity index (χ0n) is 15.2. The molecule has 3 aromatic carbocycles. The average molecular weight is 354 g/mol. The highest BCUT2D eigenvalue weighted by molar-refractivity contribution is 6.09. The SMILES string of the molecule is O=C(C1=CN(Cc2ccccc2)CN(c2ccccc2)C1)c1ccccc1. The first kappa shape index (κ1) is 17.1. The Kier molecular flexibility index (Phi) is 5.01. The van der Waals surface area contributed by atoms with E-state index in [-0.39, 0.29) is 5.78 Å². The van der Waals surface area contributed by atoms with Crippen LogP contribution in [0.2, 0.25) is 0 Å². The Hall–Kier alpha value is -3.33. The van der Waals surface area contributed by atoms with Gasteiger partial charge in [-0.2, -0.15) is 0 Å². The van der Waals surface area contributed by atoms with Crippen molar-refractivity contribution in [3.8, 4) is 0 Å². The smallest absolute Gasteiger partial charge is 0.192 e. The van der Waals surface area contributed by atoms with Crippen molar-refractivity contribution in [2.24, 2.45) is 0 Å². The number of ketones is 1. The number of hydrogen-bond acceptors (Lipinski definition) is 3. The molecule has 0 fully saturated rings. The van der Waals surface area contributed by atoms with Crippen LogP contribution >= 0.6 is 0 Å². The first-order chi connectivity index (χ1) is 13.3. The lowest BCUT2D eigenvalue weighted by Gasteiger charge is -2.36. The second-order valence-electron chi connectivity index (χ2n) is 6.76. The normalized spacial score (nSPS) is 14.0. The third kappa shape index (κ3) is 4.09. The zero-order chi connectivity index (χ0) is 18.5. The van der Waals surface area contributed by atoms with Crippen molar-refractivity contribution in [2.45, 2.75) is 6.54 Å². The Labute approximate surface area is 160 Å². The molecule has 0 aliphatic carbocycles. The monoisotopic (exact) mass is 354 g/mol. The fourth-order valence-electron chi connectivity index (χ4n) is 3.41. The molecule has 1 aliphatic rings. The predicted octanol–water partition coefficient (Wildman–Crippen LogP) is 4.73. The molecule has 3 aromatic rings. The number of hydrogen-bond donors (Lipinski definition) is 0. The lowest BCUT2D eigenvalue weighted by Crippen LogP contribution is -2.42. The van der Waals surface area contributed by atoms with Crippen molar-refractivity contribution in [1.82, 2.24) is 4.90 Å². The Bertz CT molecular complexity index is 920. The number of rotatable bonds is 5. The molecule has 0 saturated carbocycles. The molecular formula is C24H22N2O. The Balaban J connectivity index is 1.64. The van der Waals surface area contributed by atoms with Crippen LogP contribution in [-0.4, -0.2) is 23.9 Å². The van der Waals surface area contributed by atoms with Gasteiger partial charge in [-0.3, -0.25) is 4.79 Å². The standard InChI is InChI=1S/C24H22N2O/c27-24(21-12-6-2-7-13-21)22-17-25(16-20-10-4-1-5-11-20)19-26(18-22)23-14-8-3-9-15-23/h1-15,17H,16,18-19H2. The Morgan fingerprint density at radius 3 is 2.04 bits per heavy atom. The van der Waals surface area contributed by atoms with Crippen LogP contribution in [0.25, 0.3) is 0 Å². The number of carbonyl (C=O) groups is 1. The second kappa shape index (κ2) is 7.92. The summed E-state index contributed by atoms with van der Waals surface area (Å²) < 4.78 is 0. The topological polar surface area (TPSA) is 23.6 Å². The summed E-state index contributed by atoms with van der Waals surface area (Å²) in [5.74, 6) is 0.0919. The van der Waals surface area contributed by atoms with E-state index in [1.807, 2.05) is 72.9 Å². The molecule has 0 aromatic heterocycles. The highest BCUT2D eigenvalue weighted by atomic mass is 16.1. The maximum absolute atomic E-state index is 13.1. The van der Waals surface area contributed by atoms with Crippen molar-refractivity contribution in [3.05, 3.63) is 114 Å². The summed E-state index contributed by atoms with van der Waals surface area (Å²) in [4.78, 5) is 17.5. The molecule has 3 heteroatoms. The molecule has 3 nitrogen and oxygen atoms in total. The van der Waals surface area contributed by atoms with Gasteiger partial charge in [-0.05, 0) is 17.7 Å². The molecule has 0 radical (unpaired) electrons. The van der Waals surface area contributed by atoms with Gasteiger partial charge in [0.2, 0.25) is 0 Å². The number of para-hydroxylation sites is 1. The van der Waals surface area contributed by atoms with E-state index in [4.69, 9.17) is 0 Å². The predicted molar refractivity (Wildman–Crippen MR) is 109 cm³/mol. The Morgan fingerprint density at radius 2 is 1.37 bits per heavy atom. The summed E-state index contributed by atoms with van der Waals surface area (Å²) in [6, 6.07) is 30.2. The molecule has 27 heavy (non-hydrogen) atoms. The lowest BCUT2D eigenvalue weighted by atomic mass is 10.0. The van der Waals surface area contributed by atoms with Crippen LogP contribution in [-0.2, 0) is 6.54 Å². The van der Waals surface area contributed by atoms with Gasteiger partial charge in [-0.1, -0.05) is 78.9 Å². The summed E-state index contributed by atoms with van der Waals surface area (Å²) in [6.45, 7) is 2.14. The van der Waals surface area contributed by atoms with Crippen LogP contribution in [0.5, 0.6) is 0 Å². The van der Waals surface area contributed by atoms with E-state index in [0.29, 0.717) is 6.54 Å². The van der Waals surface area contributed by atoms with Gasteiger partial charge >= 0.3 is 0 Å². The summed E-state index contributed by atoms with van der Waals surface area (Å²) >= 11 is 0. The lowest BCUT2D eigenvalue weighted by molar-refractivity contribution is 0.102. The first-order valence-corrected chi connectivity index (χ1v) is 9.18. The van der Waals surface area contributed by atoms with Gasteiger partial charge < -0.3 is 9.80 Å². The van der Waals surface area contributed by atoms with Crippen molar-refractivity contribution in [3.63, 3.8) is 0 Å². The van der Waals surface area contributed by atoms with E-state index in [1.165, 1.54) is 5.56 Å². The molecule has 0 N–H and O–H groups in total. The molecule has 0 bridgehead atoms. The molecule has 0 amide bonds. The van der Waals surface area contributed by atoms with Crippen molar-refractivity contribution in [2.75, 3.05) is 18.1 Å². The van der Waals surface area contributed by atoms with Gasteiger partial charge in [0, 0.05) is 29.6 Å². The average Bonchev–Trinajstić information content (AvgIpc) is 2.75. The third-order valence-corrected chi connectivity index (χ3v) is 4.73. The van der Waals surface area contributed by atoms with E-state index in [0.717, 1.165) is 30.0 Å². The van der Waals surface area contributed by atoms with Crippen LogP contribution in [0.15, 0.2) is 103 Å². The minimum Gasteiger partial charge on any atom is -0.355 e. The van der Waals surface area contributed by atoms with Gasteiger partial charge in [0.25, 0.3) is 0 Å². The van der Waals surface area contributed by atoms with Gasteiger partial charge in [0.15, 0.2) is 5.78 Å². The molecule has 134 valence electrons. The number of nitrogens with zero attached hydrogens (tertiary/aromatic N) is 2. The highest BCUT2D eigenvalue weighted by Gasteiger charge is 2.23. The molecular weight excluding hydrogens is 332 g/mol. The van der Waals surface area contributed by atoms with E-state index in [2.05, 4.69) is 34.1 Å². The molecule has 1 aliphatic heterocycles. The quantitative estimate of drug-likeness (QED) is 0.619. The van der Waals surface area contributed by atoms with E-state index < -0.39 is 0 Å². The summed E-state index contributed by atoms with van der Waals surface area (Å²) in [5, 5.41) is 0. The summed E-state index contributed by atoms with van der Waals surface area (Å²) in [5.41, 5.74) is 3.91. The van der Waals surface area contributed by atoms with Crippen LogP contribution in [0.4, 0.5) is 5.69 Å². The maximum Gasteiger partial charge on any atom is 0.192 e. The molecule has 0 unspecified atom stereocenters. The van der Waals surface area contributed by atoms with Crippen molar-refractivity contribution >= 4 is 11.5 Å². The number of anilines is 1. The zero-order valence-corrected chi connectivity index (χ0v) is 15.2. The summed E-state index contributed by atoms with van der Waals surface area (Å²) in [6.07, 6.45) is 2.03. The van der Waals surface area contributed by atoms with E-state index >= 15 is 0 Å². The van der Waals surface area contributed by atoms with Gasteiger partial charge in [-0.25, -0.2) is 0 Å². The molecule has 0 spiro atoms. The molecule has 4 rings (SSSR count). The molecule has 0 saturated heterocycles. The third-order valence-electron chi connectivity index (χ3n) is 4.73. The van der Waals surface area contributed by atoms with Crippen molar-refractivity contribution in [1.29, 1.82) is 0 Å². The summed E-state index contributed by atoms with van der Waals surface area (Å²) in [7, 11) is 0. The van der Waals surface area contributed by atoms with Crippen LogP contribution < -0.4 is 4.90 Å². The van der Waals surface area contributed by atoms with Gasteiger partial charge in [-0.15, -0.1) is 0 Å². The fourth-order valence-corrected chi connectivity index (χ4v) is 3.41. The first-order valence-electron chi connectivity index (χ1n) is 9.18. The van der Waals surface area contributed by atoms with Crippen LogP contribution in [0.1, 0.15) is 15.9 Å². The van der Waals surface area contributed by atoms with Crippen LogP contribution in [0.3, 0.4) is 0 Å². The fraction of sp³-hybridized carbons (Fsp3) is 0.125. The highest BCUT2D eigenvalue weighted by Crippen LogP contribution is 2.23. The molecule has 1 heterocycles. The number of Topliss-reactive ketones (excluding diaryl/α,β-unsaturated/α-hetero) is 1. The van der Waals surface area contributed by atoms with Gasteiger partial charge in [0.1, 0.15) is 0 Å². The second-order valence-corrected chi connectivity index (χ2v) is 6.76. The van der Waals surface area contributed by atoms with Gasteiger partial charge in [0.05, 0.1) is 13.2 Å².